The fraction of sp³-hybridized carbons (Fsp3) is 0.0667. The number of anilines is 1. The first-order chi connectivity index (χ1) is 12.2. The third-order valence-electron chi connectivity index (χ3n) is 3.66. The molecule has 1 amide bonds. The van der Waals surface area contributed by atoms with Crippen LogP contribution in [0.15, 0.2) is 53.6 Å². The van der Waals surface area contributed by atoms with Crippen molar-refractivity contribution in [1.82, 2.24) is 0 Å². The zero-order chi connectivity index (χ0) is 19.1. The van der Waals surface area contributed by atoms with Gasteiger partial charge < -0.3 is 10.2 Å². The highest BCUT2D eigenvalue weighted by atomic mass is 16.6. The van der Waals surface area contributed by atoms with Gasteiger partial charge in [0.25, 0.3) is 17.2 Å². The summed E-state index contributed by atoms with van der Waals surface area (Å²) in [6.45, 7) is 0. The van der Waals surface area contributed by atoms with E-state index in [2.05, 4.69) is 5.10 Å². The number of nitrogens with zero attached hydrogens (tertiary/aromatic N) is 4. The number of carbonyl (C=O) groups is 1. The van der Waals surface area contributed by atoms with Crippen LogP contribution in [0.2, 0.25) is 0 Å². The summed E-state index contributed by atoms with van der Waals surface area (Å²) in [5.41, 5.74) is -0.996. The first-order valence-electron chi connectivity index (χ1n) is 7.09. The molecule has 2 aromatic carbocycles. The minimum absolute atomic E-state index is 0.0260. The van der Waals surface area contributed by atoms with Gasteiger partial charge in [-0.1, -0.05) is 12.1 Å². The minimum atomic E-state index is -3.00. The minimum Gasteiger partial charge on any atom is -0.353 e. The summed E-state index contributed by atoms with van der Waals surface area (Å²) in [5, 5.41) is 46.3. The summed E-state index contributed by atoms with van der Waals surface area (Å²) >= 11 is 0. The molecule has 11 heteroatoms. The lowest BCUT2D eigenvalue weighted by Crippen LogP contribution is -2.46. The van der Waals surface area contributed by atoms with Crippen molar-refractivity contribution < 1.29 is 24.9 Å². The van der Waals surface area contributed by atoms with Crippen LogP contribution in [0.3, 0.4) is 0 Å². The highest BCUT2D eigenvalue weighted by Crippen LogP contribution is 2.30. The van der Waals surface area contributed by atoms with Crippen molar-refractivity contribution in [2.45, 2.75) is 5.79 Å². The molecule has 1 aliphatic rings. The van der Waals surface area contributed by atoms with Crippen LogP contribution in [0.25, 0.3) is 0 Å². The van der Waals surface area contributed by atoms with E-state index in [4.69, 9.17) is 0 Å². The Morgan fingerprint density at radius 3 is 2.15 bits per heavy atom. The highest BCUT2D eigenvalue weighted by molar-refractivity contribution is 6.26. The summed E-state index contributed by atoms with van der Waals surface area (Å²) < 4.78 is 0. The molecule has 0 spiro atoms. The van der Waals surface area contributed by atoms with Crippen molar-refractivity contribution in [3.05, 3.63) is 74.3 Å². The van der Waals surface area contributed by atoms with Gasteiger partial charge in [-0.15, -0.1) is 0 Å². The molecule has 0 saturated carbocycles. The van der Waals surface area contributed by atoms with Gasteiger partial charge in [-0.05, 0) is 12.1 Å². The standard InChI is InChI=1S/C15H10N4O7/c20-14-15(21,22)13(9-2-1-3-12(8-9)19(25)26)16-17(14)10-4-6-11(7-5-10)18(23)24/h1-8,21-22H. The Hall–Kier alpha value is -3.70. The Labute approximate surface area is 144 Å². The van der Waals surface area contributed by atoms with E-state index in [9.17, 15) is 35.2 Å². The van der Waals surface area contributed by atoms with Crippen LogP contribution in [0.1, 0.15) is 5.56 Å². The molecule has 26 heavy (non-hydrogen) atoms. The molecular formula is C15H10N4O7. The maximum absolute atomic E-state index is 12.3. The molecule has 0 radical (unpaired) electrons. The molecule has 0 atom stereocenters. The zero-order valence-electron chi connectivity index (χ0n) is 12.8. The summed E-state index contributed by atoms with van der Waals surface area (Å²) in [4.78, 5) is 32.6. The van der Waals surface area contributed by atoms with Crippen LogP contribution in [0.4, 0.5) is 17.1 Å². The lowest BCUT2D eigenvalue weighted by atomic mass is 10.0. The number of carbonyl (C=O) groups excluding carboxylic acids is 1. The molecule has 0 saturated heterocycles. The lowest BCUT2D eigenvalue weighted by molar-refractivity contribution is -0.385. The van der Waals surface area contributed by atoms with Crippen LogP contribution in [0.5, 0.6) is 0 Å². The molecule has 1 heterocycles. The molecule has 2 N–H and O–H groups in total. The van der Waals surface area contributed by atoms with E-state index in [0.29, 0.717) is 5.01 Å². The molecule has 0 aromatic heterocycles. The SMILES string of the molecule is O=C1N(c2ccc([N+](=O)[O-])cc2)N=C(c2cccc([N+](=O)[O-])c2)C1(O)O. The van der Waals surface area contributed by atoms with Crippen molar-refractivity contribution in [3.63, 3.8) is 0 Å². The Kier molecular flexibility index (Phi) is 3.94. The number of hydrogen-bond acceptors (Lipinski definition) is 8. The third kappa shape index (κ3) is 2.76. The Morgan fingerprint density at radius 1 is 0.962 bits per heavy atom. The van der Waals surface area contributed by atoms with E-state index < -0.39 is 27.3 Å². The topological polar surface area (TPSA) is 159 Å². The number of hydrazone groups is 1. The molecule has 0 aliphatic carbocycles. The predicted molar refractivity (Wildman–Crippen MR) is 87.4 cm³/mol. The van der Waals surface area contributed by atoms with Crippen molar-refractivity contribution in [2.75, 3.05) is 5.01 Å². The summed E-state index contributed by atoms with van der Waals surface area (Å²) in [6.07, 6.45) is 0. The van der Waals surface area contributed by atoms with Gasteiger partial charge >= 0.3 is 5.91 Å². The second kappa shape index (κ2) is 5.98. The van der Waals surface area contributed by atoms with Crippen LogP contribution in [-0.4, -0.2) is 37.5 Å². The van der Waals surface area contributed by atoms with Crippen LogP contribution >= 0.6 is 0 Å². The molecule has 0 fully saturated rings. The Morgan fingerprint density at radius 2 is 1.58 bits per heavy atom. The van der Waals surface area contributed by atoms with Crippen molar-refractivity contribution in [2.24, 2.45) is 5.10 Å². The van der Waals surface area contributed by atoms with E-state index in [1.165, 1.54) is 30.3 Å². The number of nitro benzene ring substituents is 2. The van der Waals surface area contributed by atoms with Crippen molar-refractivity contribution in [3.8, 4) is 0 Å². The number of nitro groups is 2. The first-order valence-corrected chi connectivity index (χ1v) is 7.09. The fourth-order valence-electron chi connectivity index (χ4n) is 2.38. The monoisotopic (exact) mass is 358 g/mol. The van der Waals surface area contributed by atoms with Gasteiger partial charge in [0.1, 0.15) is 5.71 Å². The van der Waals surface area contributed by atoms with Gasteiger partial charge in [0.2, 0.25) is 0 Å². The number of non-ortho nitro benzene ring substituents is 2. The van der Waals surface area contributed by atoms with E-state index in [1.54, 1.807) is 0 Å². The molecule has 11 nitrogen and oxygen atoms in total. The average Bonchev–Trinajstić information content (AvgIpc) is 2.85. The number of hydrogen-bond donors (Lipinski definition) is 2. The summed E-state index contributed by atoms with van der Waals surface area (Å²) in [5.74, 6) is -4.22. The molecular weight excluding hydrogens is 348 g/mol. The van der Waals surface area contributed by atoms with E-state index in [1.807, 2.05) is 0 Å². The maximum Gasteiger partial charge on any atom is 0.314 e. The lowest BCUT2D eigenvalue weighted by Gasteiger charge is -2.16. The molecule has 1 aliphatic heterocycles. The van der Waals surface area contributed by atoms with Gasteiger partial charge in [0.05, 0.1) is 15.5 Å². The van der Waals surface area contributed by atoms with E-state index >= 15 is 0 Å². The van der Waals surface area contributed by atoms with Crippen molar-refractivity contribution >= 4 is 28.7 Å². The highest BCUT2D eigenvalue weighted by Gasteiger charge is 2.50. The van der Waals surface area contributed by atoms with Gasteiger partial charge in [-0.25, -0.2) is 0 Å². The second-order valence-electron chi connectivity index (χ2n) is 5.32. The van der Waals surface area contributed by atoms with Gasteiger partial charge in [0.15, 0.2) is 0 Å². The average molecular weight is 358 g/mol. The fourth-order valence-corrected chi connectivity index (χ4v) is 2.38. The Bertz CT molecular complexity index is 953. The van der Waals surface area contributed by atoms with Gasteiger partial charge in [0, 0.05) is 29.8 Å². The number of rotatable bonds is 4. The van der Waals surface area contributed by atoms with Crippen LogP contribution < -0.4 is 5.01 Å². The quantitative estimate of drug-likeness (QED) is 0.467. The predicted octanol–water partition coefficient (Wildman–Crippen LogP) is 0.935. The smallest absolute Gasteiger partial charge is 0.314 e. The number of benzene rings is 2. The molecule has 2 aromatic rings. The van der Waals surface area contributed by atoms with Gasteiger partial charge in [-0.2, -0.15) is 10.1 Å². The molecule has 0 bridgehead atoms. The second-order valence-corrected chi connectivity index (χ2v) is 5.32. The largest absolute Gasteiger partial charge is 0.353 e. The summed E-state index contributed by atoms with van der Waals surface area (Å²) in [6, 6.07) is 9.57. The molecule has 132 valence electrons. The first kappa shape index (κ1) is 17.1. The third-order valence-corrected chi connectivity index (χ3v) is 3.66. The van der Waals surface area contributed by atoms with E-state index in [-0.39, 0.29) is 22.6 Å². The van der Waals surface area contributed by atoms with Crippen molar-refractivity contribution in [1.29, 1.82) is 0 Å². The van der Waals surface area contributed by atoms with Crippen LogP contribution in [0, 0.1) is 20.2 Å². The summed E-state index contributed by atoms with van der Waals surface area (Å²) in [7, 11) is 0. The number of aliphatic hydroxyl groups is 2. The van der Waals surface area contributed by atoms with E-state index in [0.717, 1.165) is 18.2 Å². The van der Waals surface area contributed by atoms with Gasteiger partial charge in [-0.3, -0.25) is 25.0 Å². The maximum atomic E-state index is 12.3. The Balaban J connectivity index is 2.04. The van der Waals surface area contributed by atoms with Crippen LogP contribution in [-0.2, 0) is 4.79 Å². The zero-order valence-corrected chi connectivity index (χ0v) is 12.8. The normalized spacial score (nSPS) is 15.7. The number of amides is 1. The molecule has 3 rings (SSSR count). The molecule has 0 unspecified atom stereocenters.